The molecule has 13 nitrogen and oxygen atoms in total. The van der Waals surface area contributed by atoms with Crippen molar-refractivity contribution in [2.24, 2.45) is 5.92 Å². The molecule has 1 rings (SSSR count). The molecule has 14 heteroatoms. The van der Waals surface area contributed by atoms with Gasteiger partial charge in [0.05, 0.1) is 22.3 Å². The number of esters is 2. The van der Waals surface area contributed by atoms with Crippen LogP contribution in [-0.4, -0.2) is 60.8 Å². The molecule has 0 saturated heterocycles. The van der Waals surface area contributed by atoms with Gasteiger partial charge in [-0.15, -0.1) is 0 Å². The number of carbonyl (C=O) groups is 3. The number of nitro groups is 1. The quantitative estimate of drug-likeness (QED) is 0.0878. The standard InChI is InChI=1S/C27H42N2O11S/c1-25(2,3)38-22(30)18(11-10-16-37-41(35,36)20-14-12-19(13-15-20)29(33)34)17-21(23(31)39-26(4,5)6)28-24(32)40-27(7,8)9/h12-15,18,21H,10-11,16-17H2,1-9H3,(H,28,32)/t18-,21-/m0/s1. The molecule has 1 aromatic rings. The molecular formula is C27H42N2O11S. The molecule has 0 aliphatic heterocycles. The van der Waals surface area contributed by atoms with Crippen LogP contribution in [-0.2, 0) is 38.1 Å². The Bertz CT molecular complexity index is 1180. The van der Waals surface area contributed by atoms with Gasteiger partial charge in [-0.2, -0.15) is 8.42 Å². The summed E-state index contributed by atoms with van der Waals surface area (Å²) in [7, 11) is -4.23. The molecule has 0 spiro atoms. The van der Waals surface area contributed by atoms with Crippen LogP contribution >= 0.6 is 0 Å². The Labute approximate surface area is 241 Å². The number of nitrogens with zero attached hydrogens (tertiary/aromatic N) is 1. The van der Waals surface area contributed by atoms with Gasteiger partial charge in [0.2, 0.25) is 0 Å². The molecule has 0 aliphatic rings. The van der Waals surface area contributed by atoms with E-state index in [0.29, 0.717) is 0 Å². The second kappa shape index (κ2) is 14.1. The highest BCUT2D eigenvalue weighted by Gasteiger charge is 2.35. The van der Waals surface area contributed by atoms with E-state index in [0.717, 1.165) is 24.3 Å². The zero-order chi connectivity index (χ0) is 31.8. The highest BCUT2D eigenvalue weighted by molar-refractivity contribution is 7.86. The SMILES string of the molecule is CC(C)(C)OC(=O)N[C@@H](C[C@H](CCCOS(=O)(=O)c1ccc([N+](=O)[O-])cc1)C(=O)OC(C)(C)C)C(=O)OC(C)(C)C. The van der Waals surface area contributed by atoms with Crippen molar-refractivity contribution in [2.75, 3.05) is 6.61 Å². The lowest BCUT2D eigenvalue weighted by Gasteiger charge is -2.29. The maximum atomic E-state index is 13.1. The number of nitro benzene ring substituents is 1. The van der Waals surface area contributed by atoms with Crippen LogP contribution in [0.4, 0.5) is 10.5 Å². The third kappa shape index (κ3) is 14.3. The van der Waals surface area contributed by atoms with Gasteiger partial charge in [0.25, 0.3) is 15.8 Å². The number of carbonyl (C=O) groups excluding carboxylic acids is 3. The van der Waals surface area contributed by atoms with Crippen LogP contribution in [0.1, 0.15) is 81.6 Å². The van der Waals surface area contributed by atoms with Crippen LogP contribution in [0.2, 0.25) is 0 Å². The van der Waals surface area contributed by atoms with Gasteiger partial charge in [0.15, 0.2) is 0 Å². The maximum absolute atomic E-state index is 13.1. The number of benzene rings is 1. The molecule has 0 aliphatic carbocycles. The van der Waals surface area contributed by atoms with Crippen molar-refractivity contribution in [1.82, 2.24) is 5.32 Å². The van der Waals surface area contributed by atoms with Crippen molar-refractivity contribution in [3.05, 3.63) is 34.4 Å². The minimum absolute atomic E-state index is 0.0417. The van der Waals surface area contributed by atoms with Gasteiger partial charge in [-0.3, -0.25) is 19.1 Å². The van der Waals surface area contributed by atoms with Crippen molar-refractivity contribution >= 4 is 33.8 Å². The van der Waals surface area contributed by atoms with Crippen LogP contribution in [0.3, 0.4) is 0 Å². The van der Waals surface area contributed by atoms with Crippen LogP contribution in [0, 0.1) is 16.0 Å². The first kappa shape index (κ1) is 35.8. The first-order chi connectivity index (χ1) is 18.5. The predicted octanol–water partition coefficient (Wildman–Crippen LogP) is 4.66. The summed E-state index contributed by atoms with van der Waals surface area (Å²) in [4.78, 5) is 48.5. The van der Waals surface area contributed by atoms with Crippen LogP contribution in [0.15, 0.2) is 29.2 Å². The van der Waals surface area contributed by atoms with Crippen LogP contribution in [0.5, 0.6) is 0 Å². The number of rotatable bonds is 12. The number of ether oxygens (including phenoxy) is 3. The number of amides is 1. The Hall–Kier alpha value is -3.26. The fourth-order valence-electron chi connectivity index (χ4n) is 3.34. The molecule has 1 amide bonds. The maximum Gasteiger partial charge on any atom is 0.408 e. The van der Waals surface area contributed by atoms with E-state index in [1.54, 1.807) is 62.3 Å². The lowest BCUT2D eigenvalue weighted by atomic mass is 9.94. The van der Waals surface area contributed by atoms with E-state index in [1.807, 2.05) is 0 Å². The predicted molar refractivity (Wildman–Crippen MR) is 148 cm³/mol. The van der Waals surface area contributed by atoms with E-state index >= 15 is 0 Å². The molecule has 1 N–H and O–H groups in total. The molecule has 0 unspecified atom stereocenters. The van der Waals surface area contributed by atoms with Gasteiger partial charge in [-0.25, -0.2) is 9.59 Å². The van der Waals surface area contributed by atoms with Gasteiger partial charge in [0.1, 0.15) is 22.8 Å². The zero-order valence-corrected chi connectivity index (χ0v) is 26.0. The lowest BCUT2D eigenvalue weighted by Crippen LogP contribution is -2.47. The molecule has 232 valence electrons. The first-order valence-corrected chi connectivity index (χ1v) is 14.5. The average molecular weight is 603 g/mol. The summed E-state index contributed by atoms with van der Waals surface area (Å²) >= 11 is 0. The Morgan fingerprint density at radius 1 is 0.854 bits per heavy atom. The monoisotopic (exact) mass is 602 g/mol. The Kier molecular flexibility index (Phi) is 12.3. The molecule has 0 radical (unpaired) electrons. The van der Waals surface area contributed by atoms with Gasteiger partial charge in [-0.1, -0.05) is 0 Å². The summed E-state index contributed by atoms with van der Waals surface area (Å²) < 4.78 is 46.3. The largest absolute Gasteiger partial charge is 0.460 e. The minimum Gasteiger partial charge on any atom is -0.460 e. The van der Waals surface area contributed by atoms with Gasteiger partial charge < -0.3 is 19.5 Å². The topological polar surface area (TPSA) is 177 Å². The number of nitrogens with one attached hydrogen (secondary N) is 1. The van der Waals surface area contributed by atoms with E-state index in [-0.39, 0.29) is 36.5 Å². The average Bonchev–Trinajstić information content (AvgIpc) is 2.76. The fourth-order valence-corrected chi connectivity index (χ4v) is 4.28. The normalized spacial score (nSPS) is 14.0. The molecule has 41 heavy (non-hydrogen) atoms. The van der Waals surface area contributed by atoms with Crippen molar-refractivity contribution in [1.29, 1.82) is 0 Å². The highest BCUT2D eigenvalue weighted by atomic mass is 32.2. The summed E-state index contributed by atoms with van der Waals surface area (Å²) in [5, 5.41) is 13.3. The fraction of sp³-hybridized carbons (Fsp3) is 0.667. The second-order valence-electron chi connectivity index (χ2n) is 12.4. The number of hydrogen-bond acceptors (Lipinski definition) is 11. The Morgan fingerprint density at radius 3 is 1.80 bits per heavy atom. The Morgan fingerprint density at radius 2 is 1.34 bits per heavy atom. The van der Waals surface area contributed by atoms with E-state index in [9.17, 15) is 32.9 Å². The number of non-ortho nitro benzene ring substituents is 1. The molecule has 0 bridgehead atoms. The van der Waals surface area contributed by atoms with Crippen molar-refractivity contribution in [3.63, 3.8) is 0 Å². The second-order valence-corrected chi connectivity index (χ2v) is 14.0. The summed E-state index contributed by atoms with van der Waals surface area (Å²) in [6.45, 7) is 14.6. The summed E-state index contributed by atoms with van der Waals surface area (Å²) in [6, 6.07) is 2.94. The Balaban J connectivity index is 3.08. The van der Waals surface area contributed by atoms with Crippen LogP contribution < -0.4 is 5.32 Å². The number of alkyl carbamates (subject to hydrolysis) is 1. The summed E-state index contributed by atoms with van der Waals surface area (Å²) in [6.07, 6.45) is -0.990. The van der Waals surface area contributed by atoms with Crippen molar-refractivity contribution < 1.29 is 46.1 Å². The summed E-state index contributed by atoms with van der Waals surface area (Å²) in [5.41, 5.74) is -2.86. The molecule has 0 fully saturated rings. The third-order valence-corrected chi connectivity index (χ3v) is 6.24. The molecule has 0 aromatic heterocycles. The van der Waals surface area contributed by atoms with E-state index in [4.69, 9.17) is 18.4 Å². The van der Waals surface area contributed by atoms with E-state index in [2.05, 4.69) is 5.32 Å². The van der Waals surface area contributed by atoms with E-state index < -0.39 is 61.8 Å². The first-order valence-electron chi connectivity index (χ1n) is 13.1. The van der Waals surface area contributed by atoms with Crippen LogP contribution in [0.25, 0.3) is 0 Å². The zero-order valence-electron chi connectivity index (χ0n) is 25.1. The van der Waals surface area contributed by atoms with Crippen molar-refractivity contribution in [3.8, 4) is 0 Å². The molecular weight excluding hydrogens is 560 g/mol. The van der Waals surface area contributed by atoms with Gasteiger partial charge in [-0.05, 0) is 93.7 Å². The molecule has 0 saturated carbocycles. The number of hydrogen-bond donors (Lipinski definition) is 1. The molecule has 1 aromatic carbocycles. The smallest absolute Gasteiger partial charge is 0.408 e. The van der Waals surface area contributed by atoms with Gasteiger partial charge in [0, 0.05) is 12.1 Å². The van der Waals surface area contributed by atoms with Crippen molar-refractivity contribution in [2.45, 2.75) is 109 Å². The summed E-state index contributed by atoms with van der Waals surface area (Å²) in [5.74, 6) is -2.39. The third-order valence-electron chi connectivity index (χ3n) is 4.91. The lowest BCUT2D eigenvalue weighted by molar-refractivity contribution is -0.384. The van der Waals surface area contributed by atoms with Gasteiger partial charge >= 0.3 is 18.0 Å². The molecule has 0 heterocycles. The van der Waals surface area contributed by atoms with E-state index in [1.165, 1.54) is 0 Å². The minimum atomic E-state index is -4.23. The molecule has 2 atom stereocenters. The highest BCUT2D eigenvalue weighted by Crippen LogP contribution is 2.23.